The second kappa shape index (κ2) is 1.84. The summed E-state index contributed by atoms with van der Waals surface area (Å²) in [7, 11) is 0. The van der Waals surface area contributed by atoms with Gasteiger partial charge in [-0.3, -0.25) is 4.90 Å². The molecule has 0 N–H and O–H groups in total. The van der Waals surface area contributed by atoms with Gasteiger partial charge in [0, 0.05) is 25.0 Å². The van der Waals surface area contributed by atoms with Crippen molar-refractivity contribution in [2.24, 2.45) is 5.41 Å². The van der Waals surface area contributed by atoms with Gasteiger partial charge in [0.25, 0.3) is 5.92 Å². The third-order valence-electron chi connectivity index (χ3n) is 3.15. The van der Waals surface area contributed by atoms with Crippen LogP contribution in [-0.2, 0) is 0 Å². The van der Waals surface area contributed by atoms with Gasteiger partial charge in [-0.2, -0.15) is 0 Å². The first-order valence-electron chi connectivity index (χ1n) is 4.40. The quantitative estimate of drug-likeness (QED) is 0.545. The molecule has 1 spiro atoms. The van der Waals surface area contributed by atoms with Crippen LogP contribution in [0.2, 0.25) is 0 Å². The number of halogens is 2. The van der Waals surface area contributed by atoms with E-state index in [1.54, 1.807) is 0 Å². The SMILES string of the molecule is CC(C)(C)N1CC2(C1)CC2(F)F. The lowest BCUT2D eigenvalue weighted by Gasteiger charge is -2.48. The van der Waals surface area contributed by atoms with Crippen molar-refractivity contribution in [3.05, 3.63) is 0 Å². The van der Waals surface area contributed by atoms with E-state index in [4.69, 9.17) is 0 Å². The minimum absolute atomic E-state index is 0.0594. The van der Waals surface area contributed by atoms with Crippen LogP contribution in [0.4, 0.5) is 8.78 Å². The highest BCUT2D eigenvalue weighted by atomic mass is 19.3. The lowest BCUT2D eigenvalue weighted by Crippen LogP contribution is -2.59. The fourth-order valence-electron chi connectivity index (χ4n) is 1.88. The maximum atomic E-state index is 12.8. The highest BCUT2D eigenvalue weighted by Crippen LogP contribution is 2.66. The molecule has 0 atom stereocenters. The Morgan fingerprint density at radius 2 is 1.58 bits per heavy atom. The molecule has 1 saturated carbocycles. The maximum Gasteiger partial charge on any atom is 0.257 e. The molecule has 1 aliphatic carbocycles. The molecule has 12 heavy (non-hydrogen) atoms. The van der Waals surface area contributed by atoms with Crippen molar-refractivity contribution in [3.63, 3.8) is 0 Å². The summed E-state index contributed by atoms with van der Waals surface area (Å²) in [5.74, 6) is -2.35. The van der Waals surface area contributed by atoms with Gasteiger partial charge in [-0.25, -0.2) is 8.78 Å². The van der Waals surface area contributed by atoms with Crippen molar-refractivity contribution in [1.29, 1.82) is 0 Å². The fraction of sp³-hybridized carbons (Fsp3) is 1.00. The van der Waals surface area contributed by atoms with Crippen LogP contribution >= 0.6 is 0 Å². The van der Waals surface area contributed by atoms with Crippen LogP contribution in [0.1, 0.15) is 27.2 Å². The van der Waals surface area contributed by atoms with Crippen molar-refractivity contribution in [3.8, 4) is 0 Å². The Labute approximate surface area is 71.7 Å². The van der Waals surface area contributed by atoms with E-state index in [0.29, 0.717) is 13.1 Å². The van der Waals surface area contributed by atoms with Gasteiger partial charge >= 0.3 is 0 Å². The summed E-state index contributed by atoms with van der Waals surface area (Å²) in [6.07, 6.45) is 0.118. The van der Waals surface area contributed by atoms with Crippen molar-refractivity contribution >= 4 is 0 Å². The Bertz CT molecular complexity index is 211. The van der Waals surface area contributed by atoms with Crippen LogP contribution in [0.3, 0.4) is 0 Å². The molecule has 2 rings (SSSR count). The minimum Gasteiger partial charge on any atom is -0.297 e. The molecule has 2 aliphatic rings. The predicted molar refractivity (Wildman–Crippen MR) is 43.3 cm³/mol. The largest absolute Gasteiger partial charge is 0.297 e. The monoisotopic (exact) mass is 175 g/mol. The van der Waals surface area contributed by atoms with Crippen LogP contribution in [0, 0.1) is 5.41 Å². The number of nitrogens with zero attached hydrogens (tertiary/aromatic N) is 1. The number of hydrogen-bond donors (Lipinski definition) is 0. The Balaban J connectivity index is 1.94. The molecule has 1 nitrogen and oxygen atoms in total. The number of likely N-dealkylation sites (tertiary alicyclic amines) is 1. The molecule has 0 amide bonds. The number of hydrogen-bond acceptors (Lipinski definition) is 1. The van der Waals surface area contributed by atoms with Crippen molar-refractivity contribution in [1.82, 2.24) is 4.90 Å². The summed E-state index contributed by atoms with van der Waals surface area (Å²) >= 11 is 0. The third kappa shape index (κ3) is 0.920. The van der Waals surface area contributed by atoms with E-state index in [-0.39, 0.29) is 12.0 Å². The lowest BCUT2D eigenvalue weighted by atomic mass is 9.89. The molecular weight excluding hydrogens is 160 g/mol. The Morgan fingerprint density at radius 3 is 1.83 bits per heavy atom. The molecule has 0 bridgehead atoms. The summed E-state index contributed by atoms with van der Waals surface area (Å²) < 4.78 is 25.5. The van der Waals surface area contributed by atoms with Crippen molar-refractivity contribution < 1.29 is 8.78 Å². The van der Waals surface area contributed by atoms with Gasteiger partial charge in [0.2, 0.25) is 0 Å². The van der Waals surface area contributed by atoms with Crippen molar-refractivity contribution in [2.75, 3.05) is 13.1 Å². The van der Waals surface area contributed by atoms with Crippen LogP contribution < -0.4 is 0 Å². The first-order chi connectivity index (χ1) is 5.27. The molecular formula is C9H15F2N. The average molecular weight is 175 g/mol. The number of alkyl halides is 2. The van der Waals surface area contributed by atoms with Gasteiger partial charge in [-0.1, -0.05) is 0 Å². The molecule has 70 valence electrons. The van der Waals surface area contributed by atoms with E-state index in [9.17, 15) is 8.78 Å². The zero-order valence-corrected chi connectivity index (χ0v) is 7.82. The highest BCUT2D eigenvalue weighted by molar-refractivity contribution is 5.19. The summed E-state index contributed by atoms with van der Waals surface area (Å²) in [4.78, 5) is 2.12. The second-order valence-corrected chi connectivity index (χ2v) is 5.19. The minimum atomic E-state index is -2.35. The van der Waals surface area contributed by atoms with Gasteiger partial charge < -0.3 is 0 Å². The van der Waals surface area contributed by atoms with E-state index in [1.165, 1.54) is 0 Å². The van der Waals surface area contributed by atoms with E-state index >= 15 is 0 Å². The van der Waals surface area contributed by atoms with Crippen LogP contribution in [0.5, 0.6) is 0 Å². The Hall–Kier alpha value is -0.180. The van der Waals surface area contributed by atoms with Crippen molar-refractivity contribution in [2.45, 2.75) is 38.7 Å². The normalized spacial score (nSPS) is 31.8. The van der Waals surface area contributed by atoms with E-state index in [2.05, 4.69) is 25.7 Å². The molecule has 0 unspecified atom stereocenters. The van der Waals surface area contributed by atoms with Crippen LogP contribution in [0.15, 0.2) is 0 Å². The van der Waals surface area contributed by atoms with Gasteiger partial charge in [0.15, 0.2) is 0 Å². The summed E-state index contributed by atoms with van der Waals surface area (Å²) in [5.41, 5.74) is -0.551. The topological polar surface area (TPSA) is 3.24 Å². The third-order valence-corrected chi connectivity index (χ3v) is 3.15. The molecule has 1 heterocycles. The van der Waals surface area contributed by atoms with Gasteiger partial charge in [-0.15, -0.1) is 0 Å². The lowest BCUT2D eigenvalue weighted by molar-refractivity contribution is -0.0636. The molecule has 3 heteroatoms. The Kier molecular flexibility index (Phi) is 1.29. The maximum absolute atomic E-state index is 12.8. The zero-order chi connectivity index (χ0) is 9.20. The molecule has 2 fully saturated rings. The summed E-state index contributed by atoms with van der Waals surface area (Å²) in [6, 6.07) is 0. The standard InChI is InChI=1S/C9H15F2N/c1-7(2,3)12-5-8(6-12)4-9(8,10)11/h4-6H2,1-3H3. The summed E-state index contributed by atoms with van der Waals surface area (Å²) in [6.45, 7) is 7.38. The van der Waals surface area contributed by atoms with Gasteiger partial charge in [0.1, 0.15) is 0 Å². The van der Waals surface area contributed by atoms with Crippen LogP contribution in [-0.4, -0.2) is 29.5 Å². The predicted octanol–water partition coefficient (Wildman–Crippen LogP) is 2.13. The molecule has 0 radical (unpaired) electrons. The van der Waals surface area contributed by atoms with E-state index in [1.807, 2.05) is 0 Å². The molecule has 1 aliphatic heterocycles. The highest BCUT2D eigenvalue weighted by Gasteiger charge is 2.76. The number of rotatable bonds is 0. The summed E-state index contributed by atoms with van der Waals surface area (Å²) in [5, 5.41) is 0. The van der Waals surface area contributed by atoms with Gasteiger partial charge in [0.05, 0.1) is 5.41 Å². The van der Waals surface area contributed by atoms with Crippen LogP contribution in [0.25, 0.3) is 0 Å². The molecule has 0 aromatic heterocycles. The first-order valence-corrected chi connectivity index (χ1v) is 4.40. The zero-order valence-electron chi connectivity index (χ0n) is 7.82. The van der Waals surface area contributed by atoms with E-state index in [0.717, 1.165) is 0 Å². The van der Waals surface area contributed by atoms with Gasteiger partial charge in [-0.05, 0) is 20.8 Å². The smallest absolute Gasteiger partial charge is 0.257 e. The molecule has 0 aromatic rings. The molecule has 0 aromatic carbocycles. The first kappa shape index (κ1) is 8.42. The van der Waals surface area contributed by atoms with E-state index < -0.39 is 11.3 Å². The Morgan fingerprint density at radius 1 is 1.17 bits per heavy atom. The average Bonchev–Trinajstić information content (AvgIpc) is 2.27. The fourth-order valence-corrected chi connectivity index (χ4v) is 1.88. The second-order valence-electron chi connectivity index (χ2n) is 5.19. The molecule has 1 saturated heterocycles.